The Morgan fingerprint density at radius 2 is 1.42 bits per heavy atom. The minimum atomic E-state index is -4.67. The van der Waals surface area contributed by atoms with Crippen LogP contribution in [0.2, 0.25) is 0 Å². The highest BCUT2D eigenvalue weighted by atomic mass is 19.4. The number of rotatable bonds is 8. The van der Waals surface area contributed by atoms with E-state index >= 15 is 4.39 Å². The highest BCUT2D eigenvalue weighted by Gasteiger charge is 2.44. The molecule has 0 atom stereocenters. The predicted molar refractivity (Wildman–Crippen MR) is 144 cm³/mol. The molecule has 3 aliphatic rings. The summed E-state index contributed by atoms with van der Waals surface area (Å²) in [7, 11) is 0. The largest absolute Gasteiger partial charge is 0.481 e. The van der Waals surface area contributed by atoms with Gasteiger partial charge in [-0.2, -0.15) is 22.0 Å². The maximum absolute atomic E-state index is 15.3. The zero-order chi connectivity index (χ0) is 30.8. The van der Waals surface area contributed by atoms with E-state index in [9.17, 15) is 26.3 Å². The predicted octanol–water partition coefficient (Wildman–Crippen LogP) is 9.13. The summed E-state index contributed by atoms with van der Waals surface area (Å²) < 4.78 is 117. The molecule has 0 N–H and O–H groups in total. The summed E-state index contributed by atoms with van der Waals surface area (Å²) in [6, 6.07) is 7.68. The summed E-state index contributed by atoms with van der Waals surface area (Å²) in [6.45, 7) is 1.81. The van der Waals surface area contributed by atoms with Gasteiger partial charge in [0.05, 0.1) is 19.1 Å². The Kier molecular flexibility index (Phi) is 9.80. The Labute approximate surface area is 246 Å². The molecule has 2 saturated carbocycles. The fraction of sp³-hybridized carbons (Fsp3) is 0.625. The van der Waals surface area contributed by atoms with Crippen molar-refractivity contribution in [1.29, 1.82) is 0 Å². The van der Waals surface area contributed by atoms with Crippen LogP contribution in [-0.4, -0.2) is 38.4 Å². The van der Waals surface area contributed by atoms with E-state index in [0.717, 1.165) is 43.4 Å². The Hall–Kier alpha value is -2.53. The van der Waals surface area contributed by atoms with Crippen LogP contribution in [0.1, 0.15) is 81.3 Å². The standard InChI is InChI=1S/C32H37F7O4/c1-19-16-40-30(41-17-19)22-4-2-20(3-5-22)23-8-12-26(27(33)14-23)21-6-9-24(10-7-21)32(38,39)43-25-11-13-29(28(34)15-25)42-18-31(35,36)37/h8,11-15,19-22,24,30H,2-7,9-10,16-18H2,1H3. The molecule has 0 aromatic heterocycles. The number of halogens is 7. The minimum absolute atomic E-state index is 0.0716. The van der Waals surface area contributed by atoms with Crippen LogP contribution >= 0.6 is 0 Å². The molecule has 1 aliphatic heterocycles. The van der Waals surface area contributed by atoms with Crippen LogP contribution in [0.25, 0.3) is 0 Å². The van der Waals surface area contributed by atoms with E-state index in [2.05, 4.69) is 11.7 Å². The molecule has 2 aliphatic carbocycles. The van der Waals surface area contributed by atoms with E-state index in [1.807, 2.05) is 6.07 Å². The van der Waals surface area contributed by atoms with E-state index in [4.69, 9.17) is 14.2 Å². The third-order valence-corrected chi connectivity index (χ3v) is 8.93. The molecule has 0 radical (unpaired) electrons. The van der Waals surface area contributed by atoms with E-state index in [0.29, 0.717) is 49.5 Å². The zero-order valence-corrected chi connectivity index (χ0v) is 24.0. The van der Waals surface area contributed by atoms with Crippen LogP contribution < -0.4 is 9.47 Å². The van der Waals surface area contributed by atoms with Gasteiger partial charge in [0, 0.05) is 17.9 Å². The van der Waals surface area contributed by atoms with Gasteiger partial charge in [-0.25, -0.2) is 8.78 Å². The lowest BCUT2D eigenvalue weighted by atomic mass is 9.76. The Morgan fingerprint density at radius 1 is 0.767 bits per heavy atom. The molecule has 4 nitrogen and oxygen atoms in total. The van der Waals surface area contributed by atoms with Gasteiger partial charge in [-0.3, -0.25) is 0 Å². The molecule has 2 aromatic carbocycles. The molecule has 2 aromatic rings. The second kappa shape index (κ2) is 13.2. The van der Waals surface area contributed by atoms with Crippen LogP contribution in [0, 0.1) is 29.4 Å². The maximum atomic E-state index is 15.3. The molecular formula is C32H37F7O4. The van der Waals surface area contributed by atoms with Gasteiger partial charge < -0.3 is 18.9 Å². The molecule has 0 bridgehead atoms. The first-order valence-electron chi connectivity index (χ1n) is 15.0. The van der Waals surface area contributed by atoms with Crippen molar-refractivity contribution in [2.75, 3.05) is 19.8 Å². The molecule has 1 saturated heterocycles. The minimum Gasteiger partial charge on any atom is -0.481 e. The van der Waals surface area contributed by atoms with E-state index in [1.165, 1.54) is 0 Å². The Morgan fingerprint density at radius 3 is 2.02 bits per heavy atom. The molecule has 11 heteroatoms. The summed E-state index contributed by atoms with van der Waals surface area (Å²) in [5, 5.41) is 0. The van der Waals surface area contributed by atoms with E-state index in [-0.39, 0.29) is 36.8 Å². The second-order valence-corrected chi connectivity index (χ2v) is 12.2. The first-order chi connectivity index (χ1) is 20.4. The van der Waals surface area contributed by atoms with Crippen molar-refractivity contribution in [3.05, 3.63) is 59.2 Å². The van der Waals surface area contributed by atoms with Crippen molar-refractivity contribution in [3.8, 4) is 11.5 Å². The topological polar surface area (TPSA) is 36.9 Å². The van der Waals surface area contributed by atoms with Gasteiger partial charge in [0.2, 0.25) is 0 Å². The van der Waals surface area contributed by atoms with Crippen LogP contribution in [0.3, 0.4) is 0 Å². The third kappa shape index (κ3) is 8.15. The van der Waals surface area contributed by atoms with E-state index in [1.54, 1.807) is 12.1 Å². The molecular weight excluding hydrogens is 581 g/mol. The summed E-state index contributed by atoms with van der Waals surface area (Å²) in [4.78, 5) is 0. The maximum Gasteiger partial charge on any atom is 0.422 e. The SMILES string of the molecule is CC1COC(C2CCC(c3ccc(C4CCC(C(F)(F)Oc5ccc(OCC(F)(F)F)c(F)c5)CC4)c(F)c3)CC2)OC1. The number of benzene rings is 2. The van der Waals surface area contributed by atoms with Crippen LogP contribution in [-0.2, 0) is 9.47 Å². The van der Waals surface area contributed by atoms with Crippen molar-refractivity contribution < 1.29 is 49.7 Å². The Bertz CT molecular complexity index is 1210. The van der Waals surface area contributed by atoms with E-state index < -0.39 is 42.1 Å². The zero-order valence-electron chi connectivity index (χ0n) is 24.0. The molecule has 0 unspecified atom stereocenters. The molecule has 5 rings (SSSR count). The molecule has 0 spiro atoms. The Balaban J connectivity index is 1.12. The third-order valence-electron chi connectivity index (χ3n) is 8.93. The quantitative estimate of drug-likeness (QED) is 0.277. The van der Waals surface area contributed by atoms with Gasteiger partial charge in [0.25, 0.3) is 0 Å². The van der Waals surface area contributed by atoms with Gasteiger partial charge in [-0.05, 0) is 92.5 Å². The number of ether oxygens (including phenoxy) is 4. The normalized spacial score (nSPS) is 28.8. The first-order valence-corrected chi connectivity index (χ1v) is 15.0. The van der Waals surface area contributed by atoms with Crippen molar-refractivity contribution in [1.82, 2.24) is 0 Å². The fourth-order valence-corrected chi connectivity index (χ4v) is 6.54. The van der Waals surface area contributed by atoms with Crippen LogP contribution in [0.4, 0.5) is 30.7 Å². The molecule has 1 heterocycles. The highest BCUT2D eigenvalue weighted by Crippen LogP contribution is 2.45. The van der Waals surface area contributed by atoms with Crippen LogP contribution in [0.15, 0.2) is 36.4 Å². The molecule has 3 fully saturated rings. The summed E-state index contributed by atoms with van der Waals surface area (Å²) >= 11 is 0. The van der Waals surface area contributed by atoms with Gasteiger partial charge >= 0.3 is 12.3 Å². The summed E-state index contributed by atoms with van der Waals surface area (Å²) in [5.74, 6) is -3.17. The second-order valence-electron chi connectivity index (χ2n) is 12.2. The molecule has 238 valence electrons. The van der Waals surface area contributed by atoms with Gasteiger partial charge in [0.15, 0.2) is 24.5 Å². The lowest BCUT2D eigenvalue weighted by Gasteiger charge is -2.37. The molecule has 0 amide bonds. The van der Waals surface area contributed by atoms with Crippen molar-refractivity contribution in [2.24, 2.45) is 17.8 Å². The van der Waals surface area contributed by atoms with Crippen molar-refractivity contribution in [3.63, 3.8) is 0 Å². The highest BCUT2D eigenvalue weighted by molar-refractivity contribution is 5.33. The van der Waals surface area contributed by atoms with Gasteiger partial charge in [-0.15, -0.1) is 0 Å². The number of hydrogen-bond acceptors (Lipinski definition) is 4. The van der Waals surface area contributed by atoms with Crippen LogP contribution in [0.5, 0.6) is 11.5 Å². The summed E-state index contributed by atoms with van der Waals surface area (Å²) in [6.07, 6.45) is -3.89. The lowest BCUT2D eigenvalue weighted by Crippen LogP contribution is -2.37. The smallest absolute Gasteiger partial charge is 0.422 e. The van der Waals surface area contributed by atoms with Crippen molar-refractivity contribution >= 4 is 0 Å². The van der Waals surface area contributed by atoms with Gasteiger partial charge in [0.1, 0.15) is 11.6 Å². The average molecular weight is 619 g/mol. The monoisotopic (exact) mass is 618 g/mol. The number of alkyl halides is 5. The van der Waals surface area contributed by atoms with Gasteiger partial charge in [-0.1, -0.05) is 19.1 Å². The fourth-order valence-electron chi connectivity index (χ4n) is 6.54. The number of hydrogen-bond donors (Lipinski definition) is 0. The summed E-state index contributed by atoms with van der Waals surface area (Å²) in [5.41, 5.74) is 1.48. The molecule has 43 heavy (non-hydrogen) atoms. The first kappa shape index (κ1) is 31.9. The van der Waals surface area contributed by atoms with Crippen molar-refractivity contribution in [2.45, 2.75) is 88.7 Å². The average Bonchev–Trinajstić information content (AvgIpc) is 2.97. The lowest BCUT2D eigenvalue weighted by molar-refractivity contribution is -0.226.